The second-order valence-corrected chi connectivity index (χ2v) is 13.8. The summed E-state index contributed by atoms with van der Waals surface area (Å²) in [5, 5.41) is 10.4. The average molecular weight is 371 g/mol. The standard InChI is InChI=1S/C20H38O4Si/c1-10-11-12-13-17(24-25(8,9)20(5,6)7)14-16(21)15-18(22)23-19(2,3)4/h10-13,16-17,21H,14-15H2,1-9H3/b11-10+,13-12+/t16-,17+/m0/s1. The van der Waals surface area contributed by atoms with Gasteiger partial charge < -0.3 is 14.3 Å². The van der Waals surface area contributed by atoms with Crippen molar-refractivity contribution in [2.45, 2.75) is 97.2 Å². The molecule has 0 aliphatic rings. The summed E-state index contributed by atoms with van der Waals surface area (Å²) in [4.78, 5) is 11.9. The summed E-state index contributed by atoms with van der Waals surface area (Å²) in [5.74, 6) is -0.386. The summed E-state index contributed by atoms with van der Waals surface area (Å²) < 4.78 is 11.7. The maximum absolute atomic E-state index is 11.9. The Hall–Kier alpha value is -0.913. The molecule has 2 atom stereocenters. The summed E-state index contributed by atoms with van der Waals surface area (Å²) in [7, 11) is -1.98. The van der Waals surface area contributed by atoms with Gasteiger partial charge in [-0.25, -0.2) is 0 Å². The van der Waals surface area contributed by atoms with Crippen LogP contribution in [0.15, 0.2) is 24.3 Å². The minimum absolute atomic E-state index is 0.0217. The van der Waals surface area contributed by atoms with Crippen molar-refractivity contribution in [3.8, 4) is 0 Å². The van der Waals surface area contributed by atoms with Crippen LogP contribution in [0.25, 0.3) is 0 Å². The van der Waals surface area contributed by atoms with Crippen LogP contribution in [0.4, 0.5) is 0 Å². The summed E-state index contributed by atoms with van der Waals surface area (Å²) in [5.41, 5.74) is -0.542. The van der Waals surface area contributed by atoms with Crippen LogP contribution in [-0.4, -0.2) is 37.2 Å². The van der Waals surface area contributed by atoms with Crippen LogP contribution in [-0.2, 0) is 14.0 Å². The fraction of sp³-hybridized carbons (Fsp3) is 0.750. The Bertz CT molecular complexity index is 467. The summed E-state index contributed by atoms with van der Waals surface area (Å²) in [6, 6.07) is 0. The highest BCUT2D eigenvalue weighted by Gasteiger charge is 2.39. The zero-order valence-electron chi connectivity index (χ0n) is 17.6. The highest BCUT2D eigenvalue weighted by atomic mass is 28.4. The molecule has 0 amide bonds. The zero-order chi connectivity index (χ0) is 19.9. The van der Waals surface area contributed by atoms with Gasteiger partial charge in [0.25, 0.3) is 0 Å². The minimum atomic E-state index is -1.98. The molecule has 0 aliphatic heterocycles. The highest BCUT2D eigenvalue weighted by Crippen LogP contribution is 2.38. The van der Waals surface area contributed by atoms with Crippen LogP contribution in [0, 0.1) is 0 Å². The number of hydrogen-bond acceptors (Lipinski definition) is 4. The molecule has 0 spiro atoms. The molecule has 0 heterocycles. The smallest absolute Gasteiger partial charge is 0.308 e. The summed E-state index contributed by atoms with van der Waals surface area (Å²) in [6.45, 7) is 18.3. The first-order valence-corrected chi connectivity index (χ1v) is 12.0. The van der Waals surface area contributed by atoms with Gasteiger partial charge in [0.15, 0.2) is 8.32 Å². The van der Waals surface area contributed by atoms with Crippen molar-refractivity contribution in [1.82, 2.24) is 0 Å². The maximum Gasteiger partial charge on any atom is 0.308 e. The number of ether oxygens (including phenoxy) is 1. The molecule has 0 bridgehead atoms. The first-order chi connectivity index (χ1) is 11.2. The second-order valence-electron chi connectivity index (χ2n) is 9.01. The van der Waals surface area contributed by atoms with Gasteiger partial charge >= 0.3 is 5.97 Å². The van der Waals surface area contributed by atoms with Gasteiger partial charge in [0.2, 0.25) is 0 Å². The van der Waals surface area contributed by atoms with E-state index >= 15 is 0 Å². The molecule has 5 heteroatoms. The van der Waals surface area contributed by atoms with Gasteiger partial charge in [-0.1, -0.05) is 45.1 Å². The summed E-state index contributed by atoms with van der Waals surface area (Å²) in [6.07, 6.45) is 7.09. The molecule has 1 N–H and O–H groups in total. The third-order valence-electron chi connectivity index (χ3n) is 4.21. The van der Waals surface area contributed by atoms with Crippen molar-refractivity contribution in [2.24, 2.45) is 0 Å². The van der Waals surface area contributed by atoms with Crippen molar-refractivity contribution < 1.29 is 19.1 Å². The number of allylic oxidation sites excluding steroid dienone is 3. The average Bonchev–Trinajstić information content (AvgIpc) is 2.34. The van der Waals surface area contributed by atoms with Gasteiger partial charge in [-0.2, -0.15) is 0 Å². The van der Waals surface area contributed by atoms with E-state index in [-0.39, 0.29) is 23.5 Å². The lowest BCUT2D eigenvalue weighted by atomic mass is 10.1. The fourth-order valence-electron chi connectivity index (χ4n) is 1.95. The molecular weight excluding hydrogens is 332 g/mol. The van der Waals surface area contributed by atoms with Gasteiger partial charge in [0.1, 0.15) is 5.60 Å². The van der Waals surface area contributed by atoms with Crippen LogP contribution in [0.2, 0.25) is 18.1 Å². The van der Waals surface area contributed by atoms with E-state index in [1.807, 2.05) is 52.0 Å². The Balaban J connectivity index is 4.98. The monoisotopic (exact) mass is 370 g/mol. The number of hydrogen-bond donors (Lipinski definition) is 1. The minimum Gasteiger partial charge on any atom is -0.460 e. The topological polar surface area (TPSA) is 55.8 Å². The third kappa shape index (κ3) is 10.6. The molecule has 0 aliphatic carbocycles. The molecule has 4 nitrogen and oxygen atoms in total. The molecule has 0 fully saturated rings. The molecule has 0 aromatic carbocycles. The second kappa shape index (κ2) is 9.69. The quantitative estimate of drug-likeness (QED) is 0.371. The number of aliphatic hydroxyl groups excluding tert-OH is 1. The molecule has 0 saturated carbocycles. The summed E-state index contributed by atoms with van der Waals surface area (Å²) >= 11 is 0. The Morgan fingerprint density at radius 3 is 2.12 bits per heavy atom. The van der Waals surface area contributed by atoms with E-state index in [9.17, 15) is 9.90 Å². The van der Waals surface area contributed by atoms with E-state index in [1.54, 1.807) is 0 Å². The van der Waals surface area contributed by atoms with Crippen molar-refractivity contribution in [3.63, 3.8) is 0 Å². The molecule has 0 rings (SSSR count). The lowest BCUT2D eigenvalue weighted by Crippen LogP contribution is -2.44. The lowest BCUT2D eigenvalue weighted by molar-refractivity contribution is -0.157. The number of carbonyl (C=O) groups is 1. The van der Waals surface area contributed by atoms with Crippen LogP contribution < -0.4 is 0 Å². The van der Waals surface area contributed by atoms with E-state index in [2.05, 4.69) is 33.9 Å². The molecule has 0 radical (unpaired) electrons. The zero-order valence-corrected chi connectivity index (χ0v) is 18.6. The highest BCUT2D eigenvalue weighted by molar-refractivity contribution is 6.74. The van der Waals surface area contributed by atoms with Crippen LogP contribution >= 0.6 is 0 Å². The predicted octanol–water partition coefficient (Wildman–Crippen LogP) is 4.99. The Morgan fingerprint density at radius 2 is 1.68 bits per heavy atom. The Morgan fingerprint density at radius 1 is 1.12 bits per heavy atom. The van der Waals surface area contributed by atoms with E-state index in [0.717, 1.165) is 0 Å². The van der Waals surface area contributed by atoms with Crippen molar-refractivity contribution in [3.05, 3.63) is 24.3 Å². The van der Waals surface area contributed by atoms with Crippen LogP contribution in [0.5, 0.6) is 0 Å². The Kier molecular flexibility index (Phi) is 9.34. The molecule has 0 aromatic heterocycles. The van der Waals surface area contributed by atoms with Crippen molar-refractivity contribution in [2.75, 3.05) is 0 Å². The number of carbonyl (C=O) groups excluding carboxylic acids is 1. The molecule has 0 unspecified atom stereocenters. The van der Waals surface area contributed by atoms with E-state index < -0.39 is 20.0 Å². The van der Waals surface area contributed by atoms with E-state index in [1.165, 1.54) is 0 Å². The SMILES string of the molecule is C/C=C/C=C/[C@H](C[C@H](O)CC(=O)OC(C)(C)C)O[Si](C)(C)C(C)(C)C. The molecule has 146 valence electrons. The van der Waals surface area contributed by atoms with Crippen LogP contribution in [0.3, 0.4) is 0 Å². The first kappa shape index (κ1) is 24.1. The van der Waals surface area contributed by atoms with Crippen LogP contribution in [0.1, 0.15) is 61.3 Å². The van der Waals surface area contributed by atoms with Gasteiger partial charge in [0.05, 0.1) is 18.6 Å². The van der Waals surface area contributed by atoms with Gasteiger partial charge in [-0.3, -0.25) is 4.79 Å². The molecular formula is C20H38O4Si. The number of esters is 1. The van der Waals surface area contributed by atoms with E-state index in [4.69, 9.17) is 9.16 Å². The van der Waals surface area contributed by atoms with Crippen molar-refractivity contribution >= 4 is 14.3 Å². The molecule has 0 aromatic rings. The van der Waals surface area contributed by atoms with Gasteiger partial charge in [0, 0.05) is 6.42 Å². The fourth-order valence-corrected chi connectivity index (χ4v) is 3.23. The number of aliphatic hydroxyl groups is 1. The lowest BCUT2D eigenvalue weighted by Gasteiger charge is -2.39. The third-order valence-corrected chi connectivity index (χ3v) is 8.71. The first-order valence-electron chi connectivity index (χ1n) is 9.05. The Labute approximate surface area is 155 Å². The van der Waals surface area contributed by atoms with Crippen molar-refractivity contribution in [1.29, 1.82) is 0 Å². The van der Waals surface area contributed by atoms with E-state index in [0.29, 0.717) is 6.42 Å². The largest absolute Gasteiger partial charge is 0.460 e. The molecule has 25 heavy (non-hydrogen) atoms. The predicted molar refractivity (Wildman–Crippen MR) is 107 cm³/mol. The molecule has 0 saturated heterocycles. The number of rotatable bonds is 8. The van der Waals surface area contributed by atoms with Gasteiger partial charge in [-0.15, -0.1) is 0 Å². The maximum atomic E-state index is 11.9. The normalized spacial score (nSPS) is 16.4. The van der Waals surface area contributed by atoms with Gasteiger partial charge in [-0.05, 0) is 45.8 Å².